The molecule has 0 aromatic carbocycles. The van der Waals surface area contributed by atoms with Gasteiger partial charge in [0.1, 0.15) is 11.7 Å². The highest BCUT2D eigenvalue weighted by atomic mass is 19.4. The second-order valence-corrected chi connectivity index (χ2v) is 4.91. The fourth-order valence-electron chi connectivity index (χ4n) is 2.42. The van der Waals surface area contributed by atoms with Crippen LogP contribution in [0.25, 0.3) is 0 Å². The van der Waals surface area contributed by atoms with Crippen LogP contribution in [-0.4, -0.2) is 26.2 Å². The minimum absolute atomic E-state index is 0.0635. The van der Waals surface area contributed by atoms with Crippen LogP contribution >= 0.6 is 0 Å². The van der Waals surface area contributed by atoms with E-state index in [-0.39, 0.29) is 18.2 Å². The summed E-state index contributed by atoms with van der Waals surface area (Å²) in [5.74, 6) is -0.859. The lowest BCUT2D eigenvalue weighted by Crippen LogP contribution is -2.31. The molecular weight excluding hydrogens is 301 g/mol. The maximum absolute atomic E-state index is 12.5. The highest BCUT2D eigenvalue weighted by Crippen LogP contribution is 2.29. The number of aromatic nitrogens is 3. The number of aromatic amines is 1. The minimum atomic E-state index is -4.55. The largest absolute Gasteiger partial charge is 0.432 e. The van der Waals surface area contributed by atoms with Gasteiger partial charge in [-0.1, -0.05) is 0 Å². The first-order valence-electron chi connectivity index (χ1n) is 6.49. The molecule has 22 heavy (non-hydrogen) atoms. The highest BCUT2D eigenvalue weighted by molar-refractivity contribution is 5.99. The first-order chi connectivity index (χ1) is 10.4. The number of carbonyl (C=O) groups is 2. The van der Waals surface area contributed by atoms with Crippen molar-refractivity contribution in [3.05, 3.63) is 35.9 Å². The summed E-state index contributed by atoms with van der Waals surface area (Å²) in [7, 11) is 0. The Balaban J connectivity index is 1.77. The predicted octanol–water partition coefficient (Wildman–Crippen LogP) is 2.39. The van der Waals surface area contributed by atoms with Crippen molar-refractivity contribution in [3.8, 4) is 0 Å². The molecule has 0 aliphatic carbocycles. The molecule has 1 aliphatic rings. The number of Topliss-reactive ketones (excluding diaryl/α,β-unsaturated/α-hetero) is 1. The molecule has 0 radical (unpaired) electrons. The lowest BCUT2D eigenvalue weighted by atomic mass is 10.0. The summed E-state index contributed by atoms with van der Waals surface area (Å²) in [6.45, 7) is 0. The molecule has 0 saturated heterocycles. The van der Waals surface area contributed by atoms with Crippen molar-refractivity contribution in [2.24, 2.45) is 0 Å². The Morgan fingerprint density at radius 1 is 1.45 bits per heavy atom. The van der Waals surface area contributed by atoms with E-state index in [0.29, 0.717) is 18.3 Å². The van der Waals surface area contributed by atoms with E-state index in [2.05, 4.69) is 10.3 Å². The quantitative estimate of drug-likeness (QED) is 0.893. The molecule has 2 aromatic heterocycles. The number of amides is 1. The Bertz CT molecular complexity index is 732. The molecule has 9 heteroatoms. The van der Waals surface area contributed by atoms with E-state index in [1.165, 1.54) is 4.57 Å². The normalized spacial score (nSPS) is 18.1. The smallest absolute Gasteiger partial charge is 0.333 e. The van der Waals surface area contributed by atoms with Crippen LogP contribution in [0.15, 0.2) is 24.5 Å². The molecule has 1 unspecified atom stereocenters. The van der Waals surface area contributed by atoms with Gasteiger partial charge >= 0.3 is 6.18 Å². The minimum Gasteiger partial charge on any atom is -0.333 e. The van der Waals surface area contributed by atoms with Crippen molar-refractivity contribution in [1.29, 1.82) is 0 Å². The van der Waals surface area contributed by atoms with Crippen LogP contribution in [0, 0.1) is 0 Å². The number of imidazole rings is 1. The summed E-state index contributed by atoms with van der Waals surface area (Å²) in [5.41, 5.74) is -0.620. The van der Waals surface area contributed by atoms with E-state index in [4.69, 9.17) is 0 Å². The van der Waals surface area contributed by atoms with Gasteiger partial charge < -0.3 is 9.55 Å². The third kappa shape index (κ3) is 2.49. The first-order valence-corrected chi connectivity index (χ1v) is 6.49. The van der Waals surface area contributed by atoms with Crippen molar-refractivity contribution in [2.75, 3.05) is 5.32 Å². The number of carbonyl (C=O) groups excluding carboxylic acids is 2. The molecule has 6 nitrogen and oxygen atoms in total. The van der Waals surface area contributed by atoms with Gasteiger partial charge in [0.25, 0.3) is 0 Å². The number of alkyl halides is 3. The van der Waals surface area contributed by atoms with E-state index in [1.54, 1.807) is 18.3 Å². The number of ketones is 1. The third-order valence-electron chi connectivity index (χ3n) is 3.47. The number of nitrogens with zero attached hydrogens (tertiary/aromatic N) is 2. The van der Waals surface area contributed by atoms with Crippen molar-refractivity contribution < 1.29 is 22.8 Å². The zero-order chi connectivity index (χ0) is 15.9. The number of nitrogens with one attached hydrogen (secondary N) is 2. The third-order valence-corrected chi connectivity index (χ3v) is 3.47. The van der Waals surface area contributed by atoms with Gasteiger partial charge in [-0.3, -0.25) is 14.9 Å². The number of fused-ring (bicyclic) bond motifs is 1. The van der Waals surface area contributed by atoms with Crippen LogP contribution in [-0.2, 0) is 11.0 Å². The van der Waals surface area contributed by atoms with Gasteiger partial charge in [-0.25, -0.2) is 4.98 Å². The fourth-order valence-corrected chi connectivity index (χ4v) is 2.42. The number of halogens is 3. The molecule has 1 atom stereocenters. The Kier molecular flexibility index (Phi) is 3.27. The summed E-state index contributed by atoms with van der Waals surface area (Å²) in [6.07, 6.45) is -1.84. The number of hydrogen-bond acceptors (Lipinski definition) is 3. The van der Waals surface area contributed by atoms with Crippen LogP contribution in [0.2, 0.25) is 0 Å². The van der Waals surface area contributed by atoms with Gasteiger partial charge in [0.05, 0.1) is 11.9 Å². The van der Waals surface area contributed by atoms with Gasteiger partial charge in [0.2, 0.25) is 11.9 Å². The number of anilines is 1. The Morgan fingerprint density at radius 3 is 2.91 bits per heavy atom. The van der Waals surface area contributed by atoms with Crippen LogP contribution in [0.4, 0.5) is 19.1 Å². The lowest BCUT2D eigenvalue weighted by Gasteiger charge is -2.24. The molecule has 2 aromatic rings. The summed E-state index contributed by atoms with van der Waals surface area (Å²) < 4.78 is 38.9. The van der Waals surface area contributed by atoms with Crippen LogP contribution < -0.4 is 5.32 Å². The topological polar surface area (TPSA) is 79.8 Å². The molecule has 1 aliphatic heterocycles. The van der Waals surface area contributed by atoms with Crippen LogP contribution in [0.1, 0.15) is 35.1 Å². The molecule has 0 bridgehead atoms. The average Bonchev–Trinajstić information content (AvgIpc) is 3.07. The number of hydrogen-bond donors (Lipinski definition) is 2. The summed E-state index contributed by atoms with van der Waals surface area (Å²) >= 11 is 0. The lowest BCUT2D eigenvalue weighted by molar-refractivity contribution is -0.140. The van der Waals surface area contributed by atoms with E-state index >= 15 is 0 Å². The summed E-state index contributed by atoms with van der Waals surface area (Å²) in [4.78, 5) is 29.4. The maximum atomic E-state index is 12.5. The molecule has 0 saturated carbocycles. The van der Waals surface area contributed by atoms with Gasteiger partial charge in [-0.2, -0.15) is 13.2 Å². The van der Waals surface area contributed by atoms with Crippen molar-refractivity contribution in [1.82, 2.24) is 14.5 Å². The Labute approximate surface area is 122 Å². The Morgan fingerprint density at radius 2 is 2.23 bits per heavy atom. The van der Waals surface area contributed by atoms with Crippen molar-refractivity contribution in [2.45, 2.75) is 25.1 Å². The summed E-state index contributed by atoms with van der Waals surface area (Å²) in [6, 6.07) is 2.60. The van der Waals surface area contributed by atoms with Crippen molar-refractivity contribution >= 4 is 17.6 Å². The highest BCUT2D eigenvalue weighted by Gasteiger charge is 2.34. The number of rotatable bonds is 2. The molecule has 116 valence electrons. The maximum Gasteiger partial charge on any atom is 0.432 e. The summed E-state index contributed by atoms with van der Waals surface area (Å²) in [5, 5.41) is 2.31. The predicted molar refractivity (Wildman–Crippen MR) is 69.3 cm³/mol. The first kappa shape index (κ1) is 14.4. The Hall–Kier alpha value is -2.58. The monoisotopic (exact) mass is 312 g/mol. The number of H-pyrrole nitrogens is 1. The molecule has 3 rings (SSSR count). The van der Waals surface area contributed by atoms with E-state index in [1.807, 2.05) is 4.98 Å². The molecular formula is C13H11F3N4O2. The standard InChI is InChI=1S/C13H11F3N4O2/c14-13(15,16)10-6-17-12(18-10)19-11(22)8-3-4-9(21)7-2-1-5-20(7)8/h1-2,5-6,8H,3-4H2,(H2,17,18,19,22). The molecule has 3 heterocycles. The van der Waals surface area contributed by atoms with Gasteiger partial charge in [0.15, 0.2) is 5.78 Å². The zero-order valence-electron chi connectivity index (χ0n) is 11.1. The SMILES string of the molecule is O=C1CCC(C(=O)Nc2ncc(C(F)(F)F)[nH]2)n2cccc21. The molecule has 1 amide bonds. The second-order valence-electron chi connectivity index (χ2n) is 4.91. The van der Waals surface area contributed by atoms with Gasteiger partial charge in [0, 0.05) is 12.6 Å². The molecule has 2 N–H and O–H groups in total. The molecule has 0 fully saturated rings. The zero-order valence-corrected chi connectivity index (χ0v) is 11.1. The van der Waals surface area contributed by atoms with E-state index in [0.717, 1.165) is 0 Å². The average molecular weight is 312 g/mol. The second kappa shape index (κ2) is 5.00. The van der Waals surface area contributed by atoms with Gasteiger partial charge in [-0.05, 0) is 18.6 Å². The van der Waals surface area contributed by atoms with Crippen molar-refractivity contribution in [3.63, 3.8) is 0 Å². The van der Waals surface area contributed by atoms with Crippen LogP contribution in [0.3, 0.4) is 0 Å². The van der Waals surface area contributed by atoms with Crippen LogP contribution in [0.5, 0.6) is 0 Å². The van der Waals surface area contributed by atoms with Gasteiger partial charge in [-0.15, -0.1) is 0 Å². The fraction of sp³-hybridized carbons (Fsp3) is 0.308. The van der Waals surface area contributed by atoms with E-state index in [9.17, 15) is 22.8 Å². The van der Waals surface area contributed by atoms with E-state index < -0.39 is 23.8 Å². The molecule has 0 spiro atoms.